The highest BCUT2D eigenvalue weighted by molar-refractivity contribution is 7.98. The zero-order valence-corrected chi connectivity index (χ0v) is 17.9. The summed E-state index contributed by atoms with van der Waals surface area (Å²) in [6.45, 7) is 5.78. The Kier molecular flexibility index (Phi) is 7.71. The van der Waals surface area contributed by atoms with Crippen molar-refractivity contribution < 1.29 is 9.59 Å². The number of likely N-dealkylation sites (tertiary alicyclic amines) is 1. The van der Waals surface area contributed by atoms with Crippen LogP contribution >= 0.6 is 11.8 Å². The standard InChI is InChI=1S/C21H29N5O2S/c1-16(15-25-11-7-4-8-12-25)13-22-20(27)21(28)24-19-18(29-2)14-23-26(19)17-9-5-3-6-10-17/h3,5-6,9-10,14,16H,4,7-8,11-13,15H2,1-2H3,(H,22,27)(H,24,28). The molecule has 0 spiro atoms. The topological polar surface area (TPSA) is 79.3 Å². The Morgan fingerprint density at radius 3 is 2.55 bits per heavy atom. The van der Waals surface area contributed by atoms with Crippen molar-refractivity contribution in [3.05, 3.63) is 36.5 Å². The zero-order valence-electron chi connectivity index (χ0n) is 17.1. The molecule has 0 bridgehead atoms. The molecule has 0 saturated carbocycles. The second kappa shape index (κ2) is 10.5. The molecule has 2 heterocycles. The summed E-state index contributed by atoms with van der Waals surface area (Å²) >= 11 is 1.47. The van der Waals surface area contributed by atoms with Gasteiger partial charge >= 0.3 is 11.8 Å². The summed E-state index contributed by atoms with van der Waals surface area (Å²) in [6.07, 6.45) is 7.39. The van der Waals surface area contributed by atoms with Gasteiger partial charge in [-0.3, -0.25) is 9.59 Å². The SMILES string of the molecule is CSc1cnn(-c2ccccc2)c1NC(=O)C(=O)NCC(C)CN1CCCCC1. The predicted molar refractivity (Wildman–Crippen MR) is 116 cm³/mol. The van der Waals surface area contributed by atoms with E-state index < -0.39 is 11.8 Å². The molecule has 1 unspecified atom stereocenters. The fourth-order valence-corrected chi connectivity index (χ4v) is 4.00. The van der Waals surface area contributed by atoms with Gasteiger partial charge in [-0.25, -0.2) is 4.68 Å². The Balaban J connectivity index is 1.57. The first-order valence-corrected chi connectivity index (χ1v) is 11.3. The van der Waals surface area contributed by atoms with Crippen molar-refractivity contribution in [2.75, 3.05) is 37.8 Å². The summed E-state index contributed by atoms with van der Waals surface area (Å²) in [5, 5.41) is 9.85. The minimum atomic E-state index is -0.678. The number of carbonyl (C=O) groups excluding carboxylic acids is 2. The van der Waals surface area contributed by atoms with Gasteiger partial charge in [0.2, 0.25) is 0 Å². The first-order valence-electron chi connectivity index (χ1n) is 10.1. The molecular weight excluding hydrogens is 386 g/mol. The van der Waals surface area contributed by atoms with E-state index in [-0.39, 0.29) is 0 Å². The van der Waals surface area contributed by atoms with Crippen LogP contribution in [0.1, 0.15) is 26.2 Å². The van der Waals surface area contributed by atoms with Crippen molar-refractivity contribution in [2.45, 2.75) is 31.1 Å². The Bertz CT molecular complexity index is 818. The highest BCUT2D eigenvalue weighted by Crippen LogP contribution is 2.27. The quantitative estimate of drug-likeness (QED) is 0.537. The molecule has 1 aromatic heterocycles. The van der Waals surface area contributed by atoms with Gasteiger partial charge in [-0.1, -0.05) is 31.5 Å². The number of para-hydroxylation sites is 1. The van der Waals surface area contributed by atoms with E-state index in [2.05, 4.69) is 27.6 Å². The molecule has 0 radical (unpaired) electrons. The van der Waals surface area contributed by atoms with Crippen molar-refractivity contribution in [3.8, 4) is 5.69 Å². The lowest BCUT2D eigenvalue weighted by Crippen LogP contribution is -2.41. The van der Waals surface area contributed by atoms with E-state index >= 15 is 0 Å². The number of hydrogen-bond acceptors (Lipinski definition) is 5. The maximum atomic E-state index is 12.5. The molecule has 7 nitrogen and oxygen atoms in total. The van der Waals surface area contributed by atoms with Crippen LogP contribution < -0.4 is 10.6 Å². The number of benzene rings is 1. The van der Waals surface area contributed by atoms with Crippen molar-refractivity contribution in [3.63, 3.8) is 0 Å². The van der Waals surface area contributed by atoms with E-state index in [0.29, 0.717) is 18.3 Å². The van der Waals surface area contributed by atoms with Gasteiger partial charge in [0, 0.05) is 13.1 Å². The van der Waals surface area contributed by atoms with Crippen LogP contribution in [-0.4, -0.2) is 58.9 Å². The third kappa shape index (κ3) is 5.83. The number of aromatic nitrogens is 2. The molecule has 2 aromatic rings. The van der Waals surface area contributed by atoms with E-state index in [1.54, 1.807) is 10.9 Å². The molecule has 3 rings (SSSR count). The van der Waals surface area contributed by atoms with Gasteiger partial charge in [0.15, 0.2) is 5.82 Å². The van der Waals surface area contributed by atoms with Crippen LogP contribution in [-0.2, 0) is 9.59 Å². The van der Waals surface area contributed by atoms with Crippen molar-refractivity contribution in [1.29, 1.82) is 0 Å². The largest absolute Gasteiger partial charge is 0.348 e. The number of carbonyl (C=O) groups is 2. The van der Waals surface area contributed by atoms with Gasteiger partial charge in [0.05, 0.1) is 16.8 Å². The van der Waals surface area contributed by atoms with Crippen LogP contribution in [0.4, 0.5) is 5.82 Å². The number of nitrogens with zero attached hydrogens (tertiary/aromatic N) is 3. The molecule has 1 aliphatic heterocycles. The Morgan fingerprint density at radius 2 is 1.86 bits per heavy atom. The van der Waals surface area contributed by atoms with Gasteiger partial charge < -0.3 is 15.5 Å². The van der Waals surface area contributed by atoms with Gasteiger partial charge in [-0.15, -0.1) is 11.8 Å². The lowest BCUT2D eigenvalue weighted by molar-refractivity contribution is -0.136. The summed E-state index contributed by atoms with van der Waals surface area (Å²) < 4.78 is 1.63. The lowest BCUT2D eigenvalue weighted by Gasteiger charge is -2.29. The van der Waals surface area contributed by atoms with Gasteiger partial charge in [0.25, 0.3) is 0 Å². The first-order chi connectivity index (χ1) is 14.1. The molecule has 1 saturated heterocycles. The van der Waals surface area contributed by atoms with E-state index in [1.165, 1.54) is 31.0 Å². The Labute approximate surface area is 176 Å². The number of hydrogen-bond donors (Lipinski definition) is 2. The van der Waals surface area contributed by atoms with Crippen LogP contribution in [0.2, 0.25) is 0 Å². The maximum absolute atomic E-state index is 12.5. The fourth-order valence-electron chi connectivity index (χ4n) is 3.52. The Morgan fingerprint density at radius 1 is 1.14 bits per heavy atom. The summed E-state index contributed by atoms with van der Waals surface area (Å²) in [7, 11) is 0. The molecular formula is C21H29N5O2S. The maximum Gasteiger partial charge on any atom is 0.314 e. The van der Waals surface area contributed by atoms with Crippen LogP contribution in [0, 0.1) is 5.92 Å². The van der Waals surface area contributed by atoms with Gasteiger partial charge in [-0.05, 0) is 50.2 Å². The van der Waals surface area contributed by atoms with Crippen LogP contribution in [0.15, 0.2) is 41.4 Å². The molecule has 29 heavy (non-hydrogen) atoms. The number of rotatable bonds is 7. The molecule has 0 aliphatic carbocycles. The molecule has 1 aromatic carbocycles. The van der Waals surface area contributed by atoms with Crippen molar-refractivity contribution in [2.24, 2.45) is 5.92 Å². The molecule has 1 atom stereocenters. The first kappa shape index (κ1) is 21.4. The second-order valence-electron chi connectivity index (χ2n) is 7.44. The van der Waals surface area contributed by atoms with Crippen LogP contribution in [0.25, 0.3) is 5.69 Å². The van der Waals surface area contributed by atoms with E-state index in [0.717, 1.165) is 30.2 Å². The predicted octanol–water partition coefficient (Wildman–Crippen LogP) is 2.77. The lowest BCUT2D eigenvalue weighted by atomic mass is 10.1. The average molecular weight is 416 g/mol. The molecule has 2 N–H and O–H groups in total. The molecule has 1 aliphatic rings. The number of anilines is 1. The molecule has 2 amide bonds. The zero-order chi connectivity index (χ0) is 20.6. The van der Waals surface area contributed by atoms with E-state index in [9.17, 15) is 9.59 Å². The van der Waals surface area contributed by atoms with Crippen LogP contribution in [0.5, 0.6) is 0 Å². The van der Waals surface area contributed by atoms with Crippen molar-refractivity contribution >= 4 is 29.4 Å². The minimum Gasteiger partial charge on any atom is -0.348 e. The monoisotopic (exact) mass is 415 g/mol. The fraction of sp³-hybridized carbons (Fsp3) is 0.476. The summed E-state index contributed by atoms with van der Waals surface area (Å²) in [5.41, 5.74) is 0.818. The third-order valence-electron chi connectivity index (χ3n) is 5.02. The second-order valence-corrected chi connectivity index (χ2v) is 8.29. The number of piperidine rings is 1. The van der Waals surface area contributed by atoms with Crippen molar-refractivity contribution in [1.82, 2.24) is 20.0 Å². The normalized spacial score (nSPS) is 15.7. The Hall–Kier alpha value is -2.32. The molecule has 1 fully saturated rings. The summed E-state index contributed by atoms with van der Waals surface area (Å²) in [5.74, 6) is -0.502. The van der Waals surface area contributed by atoms with Crippen LogP contribution in [0.3, 0.4) is 0 Å². The van der Waals surface area contributed by atoms with Gasteiger partial charge in [-0.2, -0.15) is 5.10 Å². The highest BCUT2D eigenvalue weighted by atomic mass is 32.2. The van der Waals surface area contributed by atoms with E-state index in [1.807, 2.05) is 36.6 Å². The number of amides is 2. The third-order valence-corrected chi connectivity index (χ3v) is 5.76. The highest BCUT2D eigenvalue weighted by Gasteiger charge is 2.21. The average Bonchev–Trinajstić information content (AvgIpc) is 3.15. The number of thioether (sulfide) groups is 1. The smallest absolute Gasteiger partial charge is 0.314 e. The summed E-state index contributed by atoms with van der Waals surface area (Å²) in [6, 6.07) is 9.51. The minimum absolute atomic E-state index is 0.293. The molecule has 8 heteroatoms. The van der Waals surface area contributed by atoms with E-state index in [4.69, 9.17) is 0 Å². The van der Waals surface area contributed by atoms with Gasteiger partial charge in [0.1, 0.15) is 0 Å². The molecule has 156 valence electrons. The number of nitrogens with one attached hydrogen (secondary N) is 2. The summed E-state index contributed by atoms with van der Waals surface area (Å²) in [4.78, 5) is 28.1.